The van der Waals surface area contributed by atoms with E-state index in [1.54, 1.807) is 0 Å². The Hall–Kier alpha value is -1.87. The Kier molecular flexibility index (Phi) is 4.85. The molecule has 5 atom stereocenters. The first-order valence-electron chi connectivity index (χ1n) is 11.5. The first-order valence-corrected chi connectivity index (χ1v) is 11.5. The average Bonchev–Trinajstić information content (AvgIpc) is 2.74. The molecular formula is C27H38N2O. The highest BCUT2D eigenvalue weighted by molar-refractivity contribution is 6.05. The molecule has 4 rings (SSSR count). The van der Waals surface area contributed by atoms with E-state index in [1.807, 2.05) is 0 Å². The fourth-order valence-corrected chi connectivity index (χ4v) is 5.96. The second-order valence-corrected chi connectivity index (χ2v) is 10.1. The van der Waals surface area contributed by atoms with Gasteiger partial charge in [0.25, 0.3) is 0 Å². The van der Waals surface area contributed by atoms with Crippen LogP contribution in [0.1, 0.15) is 61.1 Å². The van der Waals surface area contributed by atoms with Crippen molar-refractivity contribution in [1.82, 2.24) is 4.90 Å². The summed E-state index contributed by atoms with van der Waals surface area (Å²) in [6, 6.07) is 0.430. The van der Waals surface area contributed by atoms with Crippen molar-refractivity contribution in [2.45, 2.75) is 81.0 Å². The molecule has 0 amide bonds. The lowest BCUT2D eigenvalue weighted by molar-refractivity contribution is -0.139. The third-order valence-electron chi connectivity index (χ3n) is 9.26. The minimum atomic E-state index is -0.494. The van der Waals surface area contributed by atoms with Crippen molar-refractivity contribution in [1.29, 1.82) is 0 Å². The molecule has 2 aromatic carbocycles. The average molecular weight is 407 g/mol. The van der Waals surface area contributed by atoms with Gasteiger partial charge in [0.1, 0.15) is 5.69 Å². The van der Waals surface area contributed by atoms with Crippen molar-refractivity contribution >= 4 is 22.7 Å². The molecule has 5 unspecified atom stereocenters. The van der Waals surface area contributed by atoms with E-state index in [0.29, 0.717) is 23.8 Å². The maximum Gasteiger partial charge on any atom is 0.202 e. The van der Waals surface area contributed by atoms with E-state index >= 15 is 0 Å². The predicted octanol–water partition coefficient (Wildman–Crippen LogP) is 6.72. The molecule has 1 saturated heterocycles. The summed E-state index contributed by atoms with van der Waals surface area (Å²) in [6.45, 7) is 22.8. The molecule has 2 aliphatic rings. The van der Waals surface area contributed by atoms with Crippen molar-refractivity contribution in [2.24, 2.45) is 22.7 Å². The van der Waals surface area contributed by atoms with Crippen LogP contribution in [-0.4, -0.2) is 29.9 Å². The van der Waals surface area contributed by atoms with Crippen LogP contribution in [0.4, 0.5) is 5.69 Å². The van der Waals surface area contributed by atoms with Crippen molar-refractivity contribution in [3.63, 3.8) is 0 Å². The third-order valence-corrected chi connectivity index (χ3v) is 9.26. The summed E-state index contributed by atoms with van der Waals surface area (Å²) in [5, 5.41) is 2.62. The maximum absolute atomic E-state index is 7.04. The first-order chi connectivity index (χ1) is 14.0. The van der Waals surface area contributed by atoms with Gasteiger partial charge in [-0.15, -0.1) is 0 Å². The number of nitrogens with zero attached hydrogens (tertiary/aromatic N) is 2. The fourth-order valence-electron chi connectivity index (χ4n) is 5.96. The van der Waals surface area contributed by atoms with E-state index in [-0.39, 0.29) is 0 Å². The summed E-state index contributed by atoms with van der Waals surface area (Å²) in [5.74, 6) is 2.49. The molecule has 3 nitrogen and oxygen atoms in total. The lowest BCUT2D eigenvalue weighted by atomic mass is 9.70. The molecule has 2 aliphatic heterocycles. The Morgan fingerprint density at radius 1 is 0.767 bits per heavy atom. The second kappa shape index (κ2) is 6.82. The van der Waals surface area contributed by atoms with Crippen molar-refractivity contribution in [3.8, 4) is 5.75 Å². The summed E-state index contributed by atoms with van der Waals surface area (Å²) < 4.78 is 7.04. The number of likely N-dealkylation sites (tertiary alicyclic amines) is 1. The molecular weight excluding hydrogens is 368 g/mol. The Bertz CT molecular complexity index is 1060. The number of hydrogen-bond acceptors (Lipinski definition) is 3. The van der Waals surface area contributed by atoms with Gasteiger partial charge in [-0.3, -0.25) is 9.89 Å². The molecule has 0 saturated carbocycles. The van der Waals surface area contributed by atoms with Gasteiger partial charge in [0.05, 0.1) is 6.21 Å². The number of benzene rings is 2. The molecule has 1 fully saturated rings. The van der Waals surface area contributed by atoms with Gasteiger partial charge in [0.15, 0.2) is 5.75 Å². The van der Waals surface area contributed by atoms with Crippen LogP contribution in [0.25, 0.3) is 10.8 Å². The Morgan fingerprint density at radius 2 is 1.30 bits per heavy atom. The molecule has 1 spiro atoms. The minimum absolute atomic E-state index is 0.351. The topological polar surface area (TPSA) is 24.8 Å². The molecule has 162 valence electrons. The van der Waals surface area contributed by atoms with Gasteiger partial charge in [0.2, 0.25) is 5.72 Å². The molecule has 2 heterocycles. The molecule has 0 aromatic heterocycles. The van der Waals surface area contributed by atoms with E-state index < -0.39 is 5.72 Å². The summed E-state index contributed by atoms with van der Waals surface area (Å²) in [6.07, 6.45) is 2.11. The lowest BCUT2D eigenvalue weighted by Gasteiger charge is -2.56. The van der Waals surface area contributed by atoms with Gasteiger partial charge < -0.3 is 4.74 Å². The number of piperidine rings is 1. The van der Waals surface area contributed by atoms with Crippen molar-refractivity contribution < 1.29 is 4.74 Å². The molecule has 0 radical (unpaired) electrons. The smallest absolute Gasteiger partial charge is 0.202 e. The Labute approximate surface area is 182 Å². The molecule has 2 aromatic rings. The summed E-state index contributed by atoms with van der Waals surface area (Å²) in [5.41, 5.74) is 8.50. The van der Waals surface area contributed by atoms with Crippen LogP contribution in [0.2, 0.25) is 0 Å². The summed E-state index contributed by atoms with van der Waals surface area (Å²) in [7, 11) is 2.20. The summed E-state index contributed by atoms with van der Waals surface area (Å²) >= 11 is 0. The van der Waals surface area contributed by atoms with Gasteiger partial charge in [-0.1, -0.05) is 20.8 Å². The van der Waals surface area contributed by atoms with Gasteiger partial charge in [-0.05, 0) is 106 Å². The van der Waals surface area contributed by atoms with Crippen LogP contribution in [0.15, 0.2) is 4.99 Å². The Morgan fingerprint density at radius 3 is 1.90 bits per heavy atom. The molecule has 0 N–H and O–H groups in total. The zero-order valence-corrected chi connectivity index (χ0v) is 20.7. The number of hydrogen-bond donors (Lipinski definition) is 0. The molecule has 0 aliphatic carbocycles. The van der Waals surface area contributed by atoms with Crippen LogP contribution in [0, 0.1) is 59.3 Å². The summed E-state index contributed by atoms with van der Waals surface area (Å²) in [4.78, 5) is 7.58. The number of ether oxygens (including phenoxy) is 1. The molecule has 3 heteroatoms. The van der Waals surface area contributed by atoms with Gasteiger partial charge in [0, 0.05) is 17.3 Å². The van der Waals surface area contributed by atoms with Crippen molar-refractivity contribution in [3.05, 3.63) is 33.4 Å². The lowest BCUT2D eigenvalue weighted by Crippen LogP contribution is -2.67. The Balaban J connectivity index is 2.02. The maximum atomic E-state index is 7.04. The van der Waals surface area contributed by atoms with E-state index in [4.69, 9.17) is 9.73 Å². The first kappa shape index (κ1) is 21.4. The van der Waals surface area contributed by atoms with Crippen LogP contribution >= 0.6 is 0 Å². The van der Waals surface area contributed by atoms with Crippen LogP contribution < -0.4 is 4.74 Å². The largest absolute Gasteiger partial charge is 0.464 e. The number of aliphatic imine (C=N–C) groups is 1. The van der Waals surface area contributed by atoms with E-state index in [1.165, 1.54) is 44.2 Å². The predicted molar refractivity (Wildman–Crippen MR) is 129 cm³/mol. The van der Waals surface area contributed by atoms with Gasteiger partial charge in [-0.25, -0.2) is 0 Å². The van der Waals surface area contributed by atoms with Crippen LogP contribution in [0.3, 0.4) is 0 Å². The number of rotatable bonds is 0. The van der Waals surface area contributed by atoms with E-state index in [2.05, 4.69) is 87.4 Å². The van der Waals surface area contributed by atoms with Crippen molar-refractivity contribution in [2.75, 3.05) is 7.05 Å². The minimum Gasteiger partial charge on any atom is -0.464 e. The third kappa shape index (κ3) is 2.51. The van der Waals surface area contributed by atoms with E-state index in [0.717, 1.165) is 11.4 Å². The highest BCUT2D eigenvalue weighted by Gasteiger charge is 2.53. The number of fused-ring (bicyclic) bond motifs is 3. The van der Waals surface area contributed by atoms with Gasteiger partial charge in [-0.2, -0.15) is 0 Å². The quantitative estimate of drug-likeness (QED) is 0.485. The fraction of sp³-hybridized carbons (Fsp3) is 0.593. The zero-order valence-electron chi connectivity index (χ0n) is 20.7. The monoisotopic (exact) mass is 406 g/mol. The second-order valence-electron chi connectivity index (χ2n) is 10.1. The van der Waals surface area contributed by atoms with E-state index in [9.17, 15) is 0 Å². The highest BCUT2D eigenvalue weighted by Crippen LogP contribution is 2.52. The van der Waals surface area contributed by atoms with Gasteiger partial charge >= 0.3 is 0 Å². The number of aryl methyl sites for hydroxylation is 3. The molecule has 30 heavy (non-hydrogen) atoms. The standard InChI is InChI=1S/C27H38N2O/c1-13-14(2)18(6)24-23(17(13)5)19(7)20(8)26-25(24)28-12-27(30-26)21(9)15(3)16(4)22(10)29(27)11/h12,15-16,21-22H,1-11H3. The van der Waals surface area contributed by atoms with Crippen LogP contribution in [0.5, 0.6) is 5.75 Å². The van der Waals surface area contributed by atoms with Crippen LogP contribution in [-0.2, 0) is 0 Å². The normalized spacial score (nSPS) is 31.3. The SMILES string of the molecule is Cc1c(C)c(C)c2c3c(c(C)c(C)c2c1C)OC1(C=N3)C(C)C(C)C(C)C(C)N1C. The molecule has 0 bridgehead atoms. The zero-order chi connectivity index (χ0) is 22.3. The highest BCUT2D eigenvalue weighted by atomic mass is 16.5.